The number of hydrogen-bond donors (Lipinski definition) is 1. The Bertz CT molecular complexity index is 149. The minimum atomic E-state index is 0.0388. The van der Waals surface area contributed by atoms with E-state index in [1.165, 1.54) is 0 Å². The number of rotatable bonds is 3. The Labute approximate surface area is 65.4 Å². The van der Waals surface area contributed by atoms with Crippen LogP contribution in [-0.2, 0) is 0 Å². The molecule has 0 spiro atoms. The lowest BCUT2D eigenvalue weighted by molar-refractivity contribution is 0.219. The fourth-order valence-electron chi connectivity index (χ4n) is 0.933. The molecule has 0 bridgehead atoms. The summed E-state index contributed by atoms with van der Waals surface area (Å²) >= 11 is 4.64. The van der Waals surface area contributed by atoms with E-state index in [4.69, 9.17) is 0 Å². The molecule has 0 unspecified atom stereocenters. The van der Waals surface area contributed by atoms with E-state index in [-0.39, 0.29) is 6.03 Å². The van der Waals surface area contributed by atoms with Crippen molar-refractivity contribution in [3.8, 4) is 0 Å². The van der Waals surface area contributed by atoms with Gasteiger partial charge >= 0.3 is 6.03 Å². The average molecular weight is 158 g/mol. The van der Waals surface area contributed by atoms with Crippen LogP contribution in [0.25, 0.3) is 0 Å². The molecule has 0 radical (unpaired) electrons. The first-order valence-corrected chi connectivity index (χ1v) is 3.78. The number of thiocarbonyl (C=S) groups is 1. The number of nitrogens with one attached hydrogen (secondary N) is 1. The van der Waals surface area contributed by atoms with Crippen molar-refractivity contribution in [3.63, 3.8) is 0 Å². The summed E-state index contributed by atoms with van der Waals surface area (Å²) < 4.78 is 0. The number of carbonyl (C=O) groups is 1. The molecule has 0 aliphatic carbocycles. The molecule has 1 aliphatic heterocycles. The quantitative estimate of drug-likeness (QED) is 0.603. The van der Waals surface area contributed by atoms with E-state index in [0.29, 0.717) is 0 Å². The van der Waals surface area contributed by atoms with Gasteiger partial charge in [-0.25, -0.2) is 4.79 Å². The van der Waals surface area contributed by atoms with Gasteiger partial charge < -0.3 is 10.2 Å². The van der Waals surface area contributed by atoms with Gasteiger partial charge in [-0.2, -0.15) is 0 Å². The molecule has 2 amide bonds. The molecule has 1 rings (SSSR count). The van der Waals surface area contributed by atoms with Gasteiger partial charge in [-0.3, -0.25) is 0 Å². The largest absolute Gasteiger partial charge is 0.336 e. The van der Waals surface area contributed by atoms with Gasteiger partial charge in [0.2, 0.25) is 0 Å². The fraction of sp³-hybridized carbons (Fsp3) is 0.667. The molecule has 1 heterocycles. The molecule has 1 N–H and O–H groups in total. The van der Waals surface area contributed by atoms with Crippen LogP contribution >= 0.6 is 12.2 Å². The Morgan fingerprint density at radius 3 is 3.10 bits per heavy atom. The molecule has 10 heavy (non-hydrogen) atoms. The number of hydrogen-bond acceptors (Lipinski definition) is 2. The highest BCUT2D eigenvalue weighted by molar-refractivity contribution is 7.78. The van der Waals surface area contributed by atoms with Gasteiger partial charge in [0.05, 0.1) is 0 Å². The fourth-order valence-corrected chi connectivity index (χ4v) is 1.04. The standard InChI is InChI=1S/C6H10N2OS/c9-6-7-2-4-8(6)3-1-5-10/h5H,1-4H2,(H,7,9). The lowest BCUT2D eigenvalue weighted by Gasteiger charge is -2.10. The Hall–Kier alpha value is -0.640. The first kappa shape index (κ1) is 7.47. The molecule has 1 saturated heterocycles. The highest BCUT2D eigenvalue weighted by Gasteiger charge is 2.17. The summed E-state index contributed by atoms with van der Waals surface area (Å²) in [6.07, 6.45) is 0.808. The number of amides is 2. The highest BCUT2D eigenvalue weighted by Crippen LogP contribution is 1.96. The van der Waals surface area contributed by atoms with Gasteiger partial charge in [0.1, 0.15) is 0 Å². The summed E-state index contributed by atoms with van der Waals surface area (Å²) in [5, 5.41) is 4.38. The Morgan fingerprint density at radius 2 is 2.60 bits per heavy atom. The number of urea groups is 1. The van der Waals surface area contributed by atoms with Crippen molar-refractivity contribution in [1.29, 1.82) is 0 Å². The molecular formula is C6H10N2OS. The van der Waals surface area contributed by atoms with Crippen LogP contribution in [0.1, 0.15) is 6.42 Å². The molecule has 1 aliphatic rings. The first-order chi connectivity index (χ1) is 4.84. The van der Waals surface area contributed by atoms with Crippen molar-refractivity contribution in [3.05, 3.63) is 0 Å². The molecule has 3 nitrogen and oxygen atoms in total. The maximum atomic E-state index is 10.8. The van der Waals surface area contributed by atoms with Crippen LogP contribution in [0, 0.1) is 0 Å². The van der Waals surface area contributed by atoms with Crippen LogP contribution in [0.3, 0.4) is 0 Å². The van der Waals surface area contributed by atoms with Crippen molar-refractivity contribution < 1.29 is 4.79 Å². The number of carbonyl (C=O) groups excluding carboxylic acids is 1. The predicted molar refractivity (Wildman–Crippen MR) is 43.2 cm³/mol. The van der Waals surface area contributed by atoms with E-state index in [1.54, 1.807) is 10.3 Å². The Morgan fingerprint density at radius 1 is 1.80 bits per heavy atom. The third-order valence-electron chi connectivity index (χ3n) is 1.46. The van der Waals surface area contributed by atoms with E-state index in [0.717, 1.165) is 26.1 Å². The molecular weight excluding hydrogens is 148 g/mol. The third-order valence-corrected chi connectivity index (χ3v) is 1.70. The Balaban J connectivity index is 2.26. The van der Waals surface area contributed by atoms with Crippen LogP contribution in [0.4, 0.5) is 4.79 Å². The zero-order chi connectivity index (χ0) is 7.40. The van der Waals surface area contributed by atoms with Crippen LogP contribution < -0.4 is 5.32 Å². The lowest BCUT2D eigenvalue weighted by atomic mass is 10.4. The molecule has 0 aromatic rings. The summed E-state index contributed by atoms with van der Waals surface area (Å²) in [5.41, 5.74) is 0. The van der Waals surface area contributed by atoms with Crippen molar-refractivity contribution in [1.82, 2.24) is 10.2 Å². The summed E-state index contributed by atoms with van der Waals surface area (Å²) in [6, 6.07) is 0.0388. The SMILES string of the molecule is O=C1NCCN1CCC=S. The molecule has 4 heteroatoms. The van der Waals surface area contributed by atoms with Crippen molar-refractivity contribution in [2.24, 2.45) is 0 Å². The van der Waals surface area contributed by atoms with Gasteiger partial charge in [0.25, 0.3) is 0 Å². The average Bonchev–Trinajstić information content (AvgIpc) is 2.31. The van der Waals surface area contributed by atoms with Gasteiger partial charge in [0.15, 0.2) is 0 Å². The zero-order valence-electron chi connectivity index (χ0n) is 5.67. The highest BCUT2D eigenvalue weighted by atomic mass is 32.1. The molecule has 0 saturated carbocycles. The van der Waals surface area contributed by atoms with Crippen molar-refractivity contribution in [2.45, 2.75) is 6.42 Å². The van der Waals surface area contributed by atoms with Crippen LogP contribution in [-0.4, -0.2) is 35.9 Å². The monoisotopic (exact) mass is 158 g/mol. The van der Waals surface area contributed by atoms with Crippen molar-refractivity contribution >= 4 is 23.6 Å². The summed E-state index contributed by atoms with van der Waals surface area (Å²) in [5.74, 6) is 0. The predicted octanol–water partition coefficient (Wildman–Crippen LogP) is 0.401. The lowest BCUT2D eigenvalue weighted by Crippen LogP contribution is -2.28. The zero-order valence-corrected chi connectivity index (χ0v) is 6.49. The normalized spacial score (nSPS) is 17.2. The maximum Gasteiger partial charge on any atom is 0.317 e. The number of nitrogens with zero attached hydrogens (tertiary/aromatic N) is 1. The summed E-state index contributed by atoms with van der Waals surface area (Å²) in [6.45, 7) is 2.35. The smallest absolute Gasteiger partial charge is 0.317 e. The van der Waals surface area contributed by atoms with Crippen LogP contribution in [0.15, 0.2) is 0 Å². The van der Waals surface area contributed by atoms with Crippen LogP contribution in [0.2, 0.25) is 0 Å². The Kier molecular flexibility index (Phi) is 2.62. The van der Waals surface area contributed by atoms with Gasteiger partial charge in [0, 0.05) is 19.6 Å². The topological polar surface area (TPSA) is 32.3 Å². The van der Waals surface area contributed by atoms with E-state index < -0.39 is 0 Å². The van der Waals surface area contributed by atoms with E-state index >= 15 is 0 Å². The molecule has 56 valence electrons. The third kappa shape index (κ3) is 1.67. The van der Waals surface area contributed by atoms with Crippen LogP contribution in [0.5, 0.6) is 0 Å². The minimum absolute atomic E-state index is 0.0388. The van der Waals surface area contributed by atoms with Crippen molar-refractivity contribution in [2.75, 3.05) is 19.6 Å². The van der Waals surface area contributed by atoms with E-state index in [2.05, 4.69) is 17.5 Å². The van der Waals surface area contributed by atoms with Gasteiger partial charge in [-0.1, -0.05) is 12.2 Å². The van der Waals surface area contributed by atoms with Gasteiger partial charge in [-0.05, 0) is 11.8 Å². The molecule has 0 atom stereocenters. The molecule has 1 fully saturated rings. The second-order valence-electron chi connectivity index (χ2n) is 2.17. The van der Waals surface area contributed by atoms with Gasteiger partial charge in [-0.15, -0.1) is 0 Å². The molecule has 0 aromatic carbocycles. The summed E-state index contributed by atoms with van der Waals surface area (Å²) in [4.78, 5) is 12.6. The summed E-state index contributed by atoms with van der Waals surface area (Å²) in [7, 11) is 0. The second-order valence-corrected chi connectivity index (χ2v) is 2.51. The minimum Gasteiger partial charge on any atom is -0.336 e. The first-order valence-electron chi connectivity index (χ1n) is 3.31. The molecule has 0 aromatic heterocycles. The maximum absolute atomic E-state index is 10.8. The van der Waals surface area contributed by atoms with E-state index in [1.807, 2.05) is 0 Å². The second kappa shape index (κ2) is 3.51. The van der Waals surface area contributed by atoms with E-state index in [9.17, 15) is 4.79 Å².